The zero-order valence-corrected chi connectivity index (χ0v) is 12.9. The Morgan fingerprint density at radius 1 is 1.00 bits per heavy atom. The van der Waals surface area contributed by atoms with Crippen molar-refractivity contribution in [3.05, 3.63) is 47.8 Å². The molecule has 4 heteroatoms. The Bertz CT molecular complexity index is 553. The molecule has 0 N–H and O–H groups in total. The summed E-state index contributed by atoms with van der Waals surface area (Å²) in [6.07, 6.45) is 6.29. The second kappa shape index (κ2) is 5.27. The topological polar surface area (TPSA) is 51.6 Å². The first kappa shape index (κ1) is 14.6. The van der Waals surface area contributed by atoms with E-state index in [1.165, 1.54) is 0 Å². The molecule has 20 heavy (non-hydrogen) atoms. The molecule has 2 rings (SSSR count). The van der Waals surface area contributed by atoms with Crippen LogP contribution in [-0.4, -0.2) is 20.2 Å². The molecular formula is C16H22N4. The molecule has 0 aliphatic rings. The Hall–Kier alpha value is -1.84. The standard InChI is InChI=1S/C16H22N4/c1-15(2,3)12-10-17-14(18-11-12)9-16(4,5)13-7-6-8-19-20-13/h6-8,10-11H,9H2,1-5H3. The van der Waals surface area contributed by atoms with E-state index in [0.29, 0.717) is 0 Å². The van der Waals surface area contributed by atoms with E-state index in [-0.39, 0.29) is 10.8 Å². The Labute approximate surface area is 120 Å². The minimum absolute atomic E-state index is 0.0823. The van der Waals surface area contributed by atoms with Gasteiger partial charge in [0.25, 0.3) is 0 Å². The summed E-state index contributed by atoms with van der Waals surface area (Å²) in [6, 6.07) is 3.91. The lowest BCUT2D eigenvalue weighted by molar-refractivity contribution is 0.482. The third-order valence-electron chi connectivity index (χ3n) is 3.44. The molecule has 4 nitrogen and oxygen atoms in total. The summed E-state index contributed by atoms with van der Waals surface area (Å²) in [4.78, 5) is 8.99. The number of hydrogen-bond acceptors (Lipinski definition) is 4. The van der Waals surface area contributed by atoms with E-state index in [1.807, 2.05) is 24.5 Å². The number of rotatable bonds is 3. The normalized spacial score (nSPS) is 12.4. The van der Waals surface area contributed by atoms with Crippen molar-refractivity contribution in [2.75, 3.05) is 0 Å². The highest BCUT2D eigenvalue weighted by atomic mass is 15.1. The van der Waals surface area contributed by atoms with E-state index in [2.05, 4.69) is 54.8 Å². The molecule has 0 amide bonds. The van der Waals surface area contributed by atoms with Crippen LogP contribution in [0, 0.1) is 0 Å². The van der Waals surface area contributed by atoms with Gasteiger partial charge in [-0.3, -0.25) is 0 Å². The minimum atomic E-state index is -0.127. The largest absolute Gasteiger partial charge is 0.241 e. The van der Waals surface area contributed by atoms with Crippen LogP contribution in [-0.2, 0) is 17.3 Å². The van der Waals surface area contributed by atoms with Gasteiger partial charge >= 0.3 is 0 Å². The first-order valence-corrected chi connectivity index (χ1v) is 6.89. The average Bonchev–Trinajstić information content (AvgIpc) is 2.39. The van der Waals surface area contributed by atoms with Gasteiger partial charge in [-0.2, -0.15) is 10.2 Å². The van der Waals surface area contributed by atoms with E-state index in [0.717, 1.165) is 23.5 Å². The predicted molar refractivity (Wildman–Crippen MR) is 79.5 cm³/mol. The summed E-state index contributed by atoms with van der Waals surface area (Å²) in [5, 5.41) is 8.15. The van der Waals surface area contributed by atoms with Gasteiger partial charge in [0, 0.05) is 30.4 Å². The van der Waals surface area contributed by atoms with Crippen molar-refractivity contribution in [1.82, 2.24) is 20.2 Å². The van der Waals surface area contributed by atoms with Crippen LogP contribution >= 0.6 is 0 Å². The number of hydrogen-bond donors (Lipinski definition) is 0. The van der Waals surface area contributed by atoms with Crippen molar-refractivity contribution in [3.63, 3.8) is 0 Å². The fraction of sp³-hybridized carbons (Fsp3) is 0.500. The molecule has 0 radical (unpaired) electrons. The second-order valence-electron chi connectivity index (χ2n) is 6.81. The lowest BCUT2D eigenvalue weighted by Crippen LogP contribution is -2.24. The Morgan fingerprint density at radius 3 is 2.15 bits per heavy atom. The van der Waals surface area contributed by atoms with Crippen LogP contribution in [0.5, 0.6) is 0 Å². The van der Waals surface area contributed by atoms with Gasteiger partial charge < -0.3 is 0 Å². The molecule has 0 saturated heterocycles. The van der Waals surface area contributed by atoms with E-state index >= 15 is 0 Å². The molecule has 0 fully saturated rings. The van der Waals surface area contributed by atoms with Crippen molar-refractivity contribution in [3.8, 4) is 0 Å². The van der Waals surface area contributed by atoms with Crippen LogP contribution in [0.25, 0.3) is 0 Å². The average molecular weight is 270 g/mol. The van der Waals surface area contributed by atoms with Crippen molar-refractivity contribution in [2.45, 2.75) is 51.9 Å². The third-order valence-corrected chi connectivity index (χ3v) is 3.44. The summed E-state index contributed by atoms with van der Waals surface area (Å²) in [5.41, 5.74) is 2.07. The predicted octanol–water partition coefficient (Wildman–Crippen LogP) is 3.08. The Kier molecular flexibility index (Phi) is 3.84. The molecule has 0 atom stereocenters. The van der Waals surface area contributed by atoms with Crippen LogP contribution in [0.3, 0.4) is 0 Å². The maximum Gasteiger partial charge on any atom is 0.129 e. The lowest BCUT2D eigenvalue weighted by atomic mass is 9.85. The summed E-state index contributed by atoms with van der Waals surface area (Å²) >= 11 is 0. The molecule has 0 unspecified atom stereocenters. The molecule has 0 saturated carbocycles. The summed E-state index contributed by atoms with van der Waals surface area (Å²) in [6.45, 7) is 10.8. The zero-order chi connectivity index (χ0) is 14.8. The smallest absolute Gasteiger partial charge is 0.129 e. The SMILES string of the molecule is CC(C)(C)c1cnc(CC(C)(C)c2cccnn2)nc1. The van der Waals surface area contributed by atoms with Gasteiger partial charge in [0.2, 0.25) is 0 Å². The first-order valence-electron chi connectivity index (χ1n) is 6.89. The quantitative estimate of drug-likeness (QED) is 0.860. The molecule has 0 spiro atoms. The van der Waals surface area contributed by atoms with Crippen LogP contribution in [0.4, 0.5) is 0 Å². The van der Waals surface area contributed by atoms with Gasteiger partial charge in [-0.25, -0.2) is 9.97 Å². The molecular weight excluding hydrogens is 248 g/mol. The highest BCUT2D eigenvalue weighted by Crippen LogP contribution is 2.25. The Balaban J connectivity index is 2.18. The Morgan fingerprint density at radius 2 is 1.65 bits per heavy atom. The van der Waals surface area contributed by atoms with Crippen LogP contribution in [0.15, 0.2) is 30.7 Å². The highest BCUT2D eigenvalue weighted by molar-refractivity contribution is 5.18. The van der Waals surface area contributed by atoms with E-state index in [4.69, 9.17) is 0 Å². The van der Waals surface area contributed by atoms with Crippen molar-refractivity contribution < 1.29 is 0 Å². The molecule has 0 aliphatic heterocycles. The van der Waals surface area contributed by atoms with Gasteiger partial charge in [-0.05, 0) is 23.1 Å². The zero-order valence-electron chi connectivity index (χ0n) is 12.9. The molecule has 0 bridgehead atoms. The van der Waals surface area contributed by atoms with Crippen LogP contribution < -0.4 is 0 Å². The van der Waals surface area contributed by atoms with Gasteiger partial charge in [-0.15, -0.1) is 0 Å². The van der Waals surface area contributed by atoms with E-state index in [1.54, 1.807) is 6.20 Å². The lowest BCUT2D eigenvalue weighted by Gasteiger charge is -2.23. The van der Waals surface area contributed by atoms with Gasteiger partial charge in [0.05, 0.1) is 5.69 Å². The molecule has 106 valence electrons. The molecule has 0 aliphatic carbocycles. The van der Waals surface area contributed by atoms with Crippen molar-refractivity contribution in [1.29, 1.82) is 0 Å². The van der Waals surface area contributed by atoms with E-state index < -0.39 is 0 Å². The van der Waals surface area contributed by atoms with Gasteiger partial charge in [-0.1, -0.05) is 34.6 Å². The molecule has 2 aromatic heterocycles. The monoisotopic (exact) mass is 270 g/mol. The first-order chi connectivity index (χ1) is 9.29. The maximum absolute atomic E-state index is 4.50. The van der Waals surface area contributed by atoms with Gasteiger partial charge in [0.1, 0.15) is 5.82 Å². The minimum Gasteiger partial charge on any atom is -0.241 e. The molecule has 2 heterocycles. The number of aromatic nitrogens is 4. The summed E-state index contributed by atoms with van der Waals surface area (Å²) < 4.78 is 0. The van der Waals surface area contributed by atoms with Crippen molar-refractivity contribution >= 4 is 0 Å². The van der Waals surface area contributed by atoms with Crippen LogP contribution in [0.2, 0.25) is 0 Å². The fourth-order valence-electron chi connectivity index (χ4n) is 1.98. The number of nitrogens with zero attached hydrogens (tertiary/aromatic N) is 4. The molecule has 0 aromatic carbocycles. The summed E-state index contributed by atoms with van der Waals surface area (Å²) in [5.74, 6) is 0.841. The highest BCUT2D eigenvalue weighted by Gasteiger charge is 2.24. The molecule has 2 aromatic rings. The van der Waals surface area contributed by atoms with Crippen LogP contribution in [0.1, 0.15) is 51.7 Å². The van der Waals surface area contributed by atoms with E-state index in [9.17, 15) is 0 Å². The maximum atomic E-state index is 4.50. The second-order valence-corrected chi connectivity index (χ2v) is 6.81. The van der Waals surface area contributed by atoms with Gasteiger partial charge in [0.15, 0.2) is 0 Å². The summed E-state index contributed by atoms with van der Waals surface area (Å²) in [7, 11) is 0. The van der Waals surface area contributed by atoms with Crippen molar-refractivity contribution in [2.24, 2.45) is 0 Å². The fourth-order valence-corrected chi connectivity index (χ4v) is 1.98. The third kappa shape index (κ3) is 3.38.